The molecule has 1 aliphatic heterocycles. The van der Waals surface area contributed by atoms with E-state index in [0.29, 0.717) is 17.9 Å². The minimum Gasteiger partial charge on any atom is -0.482 e. The quantitative estimate of drug-likeness (QED) is 0.233. The van der Waals surface area contributed by atoms with Crippen molar-refractivity contribution in [1.82, 2.24) is 20.3 Å². The van der Waals surface area contributed by atoms with Gasteiger partial charge in [0.25, 0.3) is 11.8 Å². The van der Waals surface area contributed by atoms with Crippen LogP contribution in [-0.4, -0.2) is 55.7 Å². The fraction of sp³-hybridized carbons (Fsp3) is 0.192. The maximum Gasteiger partial charge on any atom is 0.339 e. The number of rotatable bonds is 4. The Labute approximate surface area is 215 Å². The number of hydrogen-bond acceptors (Lipinski definition) is 8. The van der Waals surface area contributed by atoms with Gasteiger partial charge in [-0.3, -0.25) is 9.59 Å². The summed E-state index contributed by atoms with van der Waals surface area (Å²) in [7, 11) is 0. The van der Waals surface area contributed by atoms with E-state index < -0.39 is 11.9 Å². The SMILES string of the molecule is N[C@@H]1c2ccccc2C[C@@H]1O.O=C1COc2ccc(CNC(=O)c3ncnc4c(C(=O)O)c[nH]c34)cc2N1. The number of nitrogens with zero attached hydrogens (tertiary/aromatic N) is 2. The highest BCUT2D eigenvalue weighted by Gasteiger charge is 2.27. The number of aromatic amines is 1. The van der Waals surface area contributed by atoms with Crippen LogP contribution in [0.1, 0.15) is 43.6 Å². The Hall–Kier alpha value is -4.81. The summed E-state index contributed by atoms with van der Waals surface area (Å²) in [5.41, 5.74) is 9.73. The van der Waals surface area contributed by atoms with Crippen molar-refractivity contribution in [1.29, 1.82) is 0 Å². The van der Waals surface area contributed by atoms with Crippen LogP contribution in [0.15, 0.2) is 55.0 Å². The van der Waals surface area contributed by atoms with Gasteiger partial charge in [0, 0.05) is 19.2 Å². The molecule has 12 heteroatoms. The number of carbonyl (C=O) groups excluding carboxylic acids is 2. The van der Waals surface area contributed by atoms with Crippen molar-refractivity contribution in [3.8, 4) is 5.75 Å². The van der Waals surface area contributed by atoms with Crippen LogP contribution >= 0.6 is 0 Å². The average Bonchev–Trinajstić information content (AvgIpc) is 3.48. The maximum absolute atomic E-state index is 12.5. The van der Waals surface area contributed by atoms with Gasteiger partial charge in [-0.1, -0.05) is 30.3 Å². The summed E-state index contributed by atoms with van der Waals surface area (Å²) in [6.07, 6.45) is 2.73. The number of H-pyrrole nitrogens is 1. The zero-order valence-corrected chi connectivity index (χ0v) is 20.0. The molecule has 2 aromatic heterocycles. The van der Waals surface area contributed by atoms with Crippen LogP contribution in [0.25, 0.3) is 11.0 Å². The zero-order valence-electron chi connectivity index (χ0n) is 20.0. The largest absolute Gasteiger partial charge is 0.482 e. The Kier molecular flexibility index (Phi) is 6.73. The minimum atomic E-state index is -1.15. The number of aromatic carboxylic acids is 1. The molecule has 38 heavy (non-hydrogen) atoms. The first-order valence-corrected chi connectivity index (χ1v) is 11.7. The van der Waals surface area contributed by atoms with Gasteiger partial charge < -0.3 is 36.3 Å². The van der Waals surface area contributed by atoms with Crippen LogP contribution in [0.2, 0.25) is 0 Å². The molecule has 0 saturated heterocycles. The summed E-state index contributed by atoms with van der Waals surface area (Å²) in [6, 6.07) is 12.9. The molecule has 2 aliphatic rings. The molecular formula is C26H24N6O6. The van der Waals surface area contributed by atoms with Crippen LogP contribution in [0.5, 0.6) is 5.75 Å². The number of fused-ring (bicyclic) bond motifs is 3. The number of carboxylic acid groups (broad SMARTS) is 1. The van der Waals surface area contributed by atoms with E-state index in [4.69, 9.17) is 15.6 Å². The van der Waals surface area contributed by atoms with Crippen molar-refractivity contribution in [2.75, 3.05) is 11.9 Å². The van der Waals surface area contributed by atoms with Crippen LogP contribution in [0.4, 0.5) is 5.69 Å². The minimum absolute atomic E-state index is 0.0265. The summed E-state index contributed by atoms with van der Waals surface area (Å²) in [4.78, 5) is 45.7. The average molecular weight is 517 g/mol. The first-order valence-electron chi connectivity index (χ1n) is 11.7. The third kappa shape index (κ3) is 4.90. The van der Waals surface area contributed by atoms with E-state index in [1.54, 1.807) is 18.2 Å². The van der Waals surface area contributed by atoms with Gasteiger partial charge in [-0.25, -0.2) is 14.8 Å². The summed E-state index contributed by atoms with van der Waals surface area (Å²) >= 11 is 0. The topological polar surface area (TPSA) is 193 Å². The smallest absolute Gasteiger partial charge is 0.339 e. The van der Waals surface area contributed by atoms with Crippen molar-refractivity contribution in [3.63, 3.8) is 0 Å². The molecule has 0 spiro atoms. The number of benzene rings is 2. The molecule has 2 amide bonds. The molecule has 3 heterocycles. The van der Waals surface area contributed by atoms with Crippen LogP contribution < -0.4 is 21.1 Å². The van der Waals surface area contributed by atoms with Gasteiger partial charge in [0.15, 0.2) is 12.3 Å². The van der Waals surface area contributed by atoms with Gasteiger partial charge in [0.2, 0.25) is 0 Å². The fourth-order valence-corrected chi connectivity index (χ4v) is 4.39. The second kappa shape index (κ2) is 10.3. The van der Waals surface area contributed by atoms with E-state index in [0.717, 1.165) is 17.5 Å². The lowest BCUT2D eigenvalue weighted by Crippen LogP contribution is -2.26. The maximum atomic E-state index is 12.5. The number of ether oxygens (including phenoxy) is 1. The summed E-state index contributed by atoms with van der Waals surface area (Å²) in [5, 5.41) is 24.0. The van der Waals surface area contributed by atoms with Gasteiger partial charge >= 0.3 is 5.97 Å². The van der Waals surface area contributed by atoms with Crippen molar-refractivity contribution >= 4 is 34.5 Å². The highest BCUT2D eigenvalue weighted by atomic mass is 16.5. The molecule has 2 aromatic carbocycles. The molecule has 7 N–H and O–H groups in total. The van der Waals surface area contributed by atoms with Crippen molar-refractivity contribution in [3.05, 3.63) is 82.9 Å². The highest BCUT2D eigenvalue weighted by Crippen LogP contribution is 2.29. The first kappa shape index (κ1) is 24.9. The number of carbonyl (C=O) groups is 3. The number of aromatic nitrogens is 3. The van der Waals surface area contributed by atoms with Crippen molar-refractivity contribution < 1.29 is 29.3 Å². The fourth-order valence-electron chi connectivity index (χ4n) is 4.39. The number of amides is 2. The number of anilines is 1. The van der Waals surface area contributed by atoms with E-state index in [1.165, 1.54) is 11.8 Å². The summed E-state index contributed by atoms with van der Waals surface area (Å²) in [5.74, 6) is -1.31. The third-order valence-electron chi connectivity index (χ3n) is 6.30. The first-order chi connectivity index (χ1) is 18.3. The molecule has 0 saturated carbocycles. The standard InChI is InChI=1S/C17H13N5O5.C9H11NO/c23-12-6-27-11-2-1-8(3-10(11)22-12)4-19-16(24)15-14-13(20-7-21-15)9(5-18-14)17(25)26;10-9-7-4-2-1-3-6(7)5-8(9)11/h1-3,5,7,18H,4,6H2,(H,19,24)(H,22,23)(H,25,26);1-4,8-9,11H,5,10H2/t;8-,9+/m.0/s1. The normalized spacial score (nSPS) is 17.4. The molecule has 0 fully saturated rings. The predicted octanol–water partition coefficient (Wildman–Crippen LogP) is 1.52. The molecule has 2 atom stereocenters. The molecule has 0 bridgehead atoms. The number of hydrogen-bond donors (Lipinski definition) is 6. The Balaban J connectivity index is 0.000000222. The number of carboxylic acids is 1. The zero-order chi connectivity index (χ0) is 26.8. The summed E-state index contributed by atoms with van der Waals surface area (Å²) < 4.78 is 5.29. The lowest BCUT2D eigenvalue weighted by Gasteiger charge is -2.18. The number of aliphatic hydroxyl groups excluding tert-OH is 1. The van der Waals surface area contributed by atoms with Crippen molar-refractivity contribution in [2.24, 2.45) is 5.73 Å². The highest BCUT2D eigenvalue weighted by molar-refractivity contribution is 6.08. The summed E-state index contributed by atoms with van der Waals surface area (Å²) in [6.45, 7) is 0.154. The van der Waals surface area contributed by atoms with Crippen LogP contribution in [0, 0.1) is 0 Å². The third-order valence-corrected chi connectivity index (χ3v) is 6.30. The molecule has 4 aromatic rings. The number of nitrogens with two attached hydrogens (primary N) is 1. The lowest BCUT2D eigenvalue weighted by atomic mass is 10.1. The van der Waals surface area contributed by atoms with E-state index in [1.807, 2.05) is 24.3 Å². The Morgan fingerprint density at radius 1 is 1.18 bits per heavy atom. The van der Waals surface area contributed by atoms with E-state index in [2.05, 4.69) is 25.6 Å². The molecule has 12 nitrogen and oxygen atoms in total. The molecule has 0 radical (unpaired) electrons. The number of aliphatic hydroxyl groups is 1. The number of nitrogens with one attached hydrogen (secondary N) is 3. The van der Waals surface area contributed by atoms with Gasteiger partial charge in [-0.15, -0.1) is 0 Å². The lowest BCUT2D eigenvalue weighted by molar-refractivity contribution is -0.118. The molecular weight excluding hydrogens is 492 g/mol. The van der Waals surface area contributed by atoms with Gasteiger partial charge in [0.1, 0.15) is 23.2 Å². The van der Waals surface area contributed by atoms with E-state index in [9.17, 15) is 19.5 Å². The van der Waals surface area contributed by atoms with Crippen LogP contribution in [0.3, 0.4) is 0 Å². The molecule has 194 valence electrons. The van der Waals surface area contributed by atoms with Gasteiger partial charge in [-0.2, -0.15) is 0 Å². The molecule has 0 unspecified atom stereocenters. The van der Waals surface area contributed by atoms with Gasteiger partial charge in [-0.05, 0) is 28.8 Å². The Bertz CT molecular complexity index is 1550. The van der Waals surface area contributed by atoms with E-state index >= 15 is 0 Å². The second-order valence-electron chi connectivity index (χ2n) is 8.80. The monoisotopic (exact) mass is 516 g/mol. The van der Waals surface area contributed by atoms with E-state index in [-0.39, 0.29) is 53.5 Å². The van der Waals surface area contributed by atoms with Crippen LogP contribution in [-0.2, 0) is 17.8 Å². The molecule has 1 aliphatic carbocycles. The Morgan fingerprint density at radius 3 is 2.79 bits per heavy atom. The second-order valence-corrected chi connectivity index (χ2v) is 8.80. The van der Waals surface area contributed by atoms with Crippen molar-refractivity contribution in [2.45, 2.75) is 25.1 Å². The Morgan fingerprint density at radius 2 is 2.00 bits per heavy atom. The van der Waals surface area contributed by atoms with Gasteiger partial charge in [0.05, 0.1) is 23.3 Å². The molecule has 6 rings (SSSR count). The predicted molar refractivity (Wildman–Crippen MR) is 136 cm³/mol.